The summed E-state index contributed by atoms with van der Waals surface area (Å²) >= 11 is 0. The Morgan fingerprint density at radius 2 is 1.83 bits per heavy atom. The fourth-order valence-corrected chi connectivity index (χ4v) is 5.93. The second-order valence-corrected chi connectivity index (χ2v) is 10.3. The number of nitrogens with zero attached hydrogens (tertiary/aromatic N) is 3. The first-order valence-corrected chi connectivity index (χ1v) is 12.9. The van der Waals surface area contributed by atoms with Gasteiger partial charge in [-0.2, -0.15) is 5.26 Å². The van der Waals surface area contributed by atoms with Gasteiger partial charge in [-0.1, -0.05) is 26.2 Å². The number of esters is 1. The quantitative estimate of drug-likeness (QED) is 0.438. The number of aromatic nitrogens is 1. The van der Waals surface area contributed by atoms with Gasteiger partial charge in [0.15, 0.2) is 6.61 Å². The van der Waals surface area contributed by atoms with Crippen LogP contribution in [0, 0.1) is 31.1 Å². The average Bonchev–Trinajstić information content (AvgIpc) is 3.53. The van der Waals surface area contributed by atoms with Crippen molar-refractivity contribution in [3.8, 4) is 6.07 Å². The van der Waals surface area contributed by atoms with Crippen LogP contribution in [-0.4, -0.2) is 52.0 Å². The summed E-state index contributed by atoms with van der Waals surface area (Å²) in [5, 5.41) is 15.2. The Bertz CT molecular complexity index is 1100. The number of imide groups is 1. The van der Waals surface area contributed by atoms with Crippen molar-refractivity contribution in [1.82, 2.24) is 14.8 Å². The van der Waals surface area contributed by atoms with E-state index in [4.69, 9.17) is 4.74 Å². The highest BCUT2D eigenvalue weighted by Crippen LogP contribution is 2.38. The summed E-state index contributed by atoms with van der Waals surface area (Å²) in [4.78, 5) is 51.5. The van der Waals surface area contributed by atoms with E-state index in [1.54, 1.807) is 0 Å². The van der Waals surface area contributed by atoms with Crippen LogP contribution < -0.4 is 10.6 Å². The van der Waals surface area contributed by atoms with E-state index in [-0.39, 0.29) is 6.04 Å². The molecule has 0 atom stereocenters. The fraction of sp³-hybridized carbons (Fsp3) is 0.654. The van der Waals surface area contributed by atoms with E-state index in [9.17, 15) is 24.4 Å². The molecule has 4 amide bonds. The van der Waals surface area contributed by atoms with E-state index >= 15 is 0 Å². The summed E-state index contributed by atoms with van der Waals surface area (Å²) in [7, 11) is 0. The molecule has 1 aliphatic heterocycles. The number of anilines is 1. The zero-order chi connectivity index (χ0) is 26.0. The molecule has 36 heavy (non-hydrogen) atoms. The SMILES string of the molecule is CCC1CCC2(CC1)NC(=O)N(CC(=O)OCC(=O)Nc1c(C#N)c(C)c(C)n1C1CCCC1)C2=O. The highest BCUT2D eigenvalue weighted by Gasteiger charge is 2.52. The van der Waals surface area contributed by atoms with Crippen molar-refractivity contribution >= 4 is 29.6 Å². The maximum Gasteiger partial charge on any atom is 0.326 e. The van der Waals surface area contributed by atoms with Crippen molar-refractivity contribution in [2.75, 3.05) is 18.5 Å². The van der Waals surface area contributed by atoms with Crippen LogP contribution in [0.2, 0.25) is 0 Å². The summed E-state index contributed by atoms with van der Waals surface area (Å²) in [5.74, 6) is -0.849. The maximum absolute atomic E-state index is 13.0. The molecule has 1 spiro atoms. The van der Waals surface area contributed by atoms with Gasteiger partial charge >= 0.3 is 12.0 Å². The van der Waals surface area contributed by atoms with Gasteiger partial charge in [-0.15, -0.1) is 0 Å². The number of hydrogen-bond donors (Lipinski definition) is 2. The lowest BCUT2D eigenvalue weighted by Gasteiger charge is -2.34. The molecule has 4 rings (SSSR count). The minimum absolute atomic E-state index is 0.211. The molecular formula is C26H35N5O5. The van der Waals surface area contributed by atoms with E-state index in [1.807, 2.05) is 18.4 Å². The molecule has 1 aromatic rings. The zero-order valence-electron chi connectivity index (χ0n) is 21.3. The molecule has 0 unspecified atom stereocenters. The van der Waals surface area contributed by atoms with Crippen molar-refractivity contribution in [2.45, 2.75) is 90.1 Å². The third-order valence-electron chi connectivity index (χ3n) is 8.25. The molecule has 194 valence electrons. The molecule has 2 aliphatic carbocycles. The normalized spacial score (nSPS) is 24.2. The van der Waals surface area contributed by atoms with Gasteiger partial charge in [-0.25, -0.2) is 4.79 Å². The van der Waals surface area contributed by atoms with Crippen molar-refractivity contribution in [1.29, 1.82) is 5.26 Å². The molecule has 2 N–H and O–H groups in total. The van der Waals surface area contributed by atoms with E-state index in [2.05, 4.69) is 23.6 Å². The first-order valence-electron chi connectivity index (χ1n) is 12.9. The van der Waals surface area contributed by atoms with Crippen LogP contribution in [0.25, 0.3) is 0 Å². The standard InChI is InChI=1S/C26H35N5O5/c1-4-18-9-11-26(12-10-18)24(34)30(25(35)29-26)14-22(33)36-15-21(32)28-23-20(13-27)16(2)17(3)31(23)19-7-5-6-8-19/h18-19H,4-12,14-15H2,1-3H3,(H,28,32)(H,29,35). The predicted octanol–water partition coefficient (Wildman–Crippen LogP) is 3.46. The van der Waals surface area contributed by atoms with Gasteiger partial charge < -0.3 is 19.9 Å². The predicted molar refractivity (Wildman–Crippen MR) is 131 cm³/mol. The van der Waals surface area contributed by atoms with Gasteiger partial charge in [-0.05, 0) is 63.9 Å². The van der Waals surface area contributed by atoms with Gasteiger partial charge in [0, 0.05) is 11.7 Å². The van der Waals surface area contributed by atoms with Gasteiger partial charge in [-0.3, -0.25) is 19.3 Å². The molecule has 0 aromatic carbocycles. The topological polar surface area (TPSA) is 134 Å². The molecule has 2 saturated carbocycles. The van der Waals surface area contributed by atoms with Crippen LogP contribution in [0.3, 0.4) is 0 Å². The zero-order valence-corrected chi connectivity index (χ0v) is 21.3. The second-order valence-electron chi connectivity index (χ2n) is 10.3. The lowest BCUT2D eigenvalue weighted by atomic mass is 9.75. The van der Waals surface area contributed by atoms with Crippen LogP contribution in [0.1, 0.15) is 87.6 Å². The average molecular weight is 498 g/mol. The van der Waals surface area contributed by atoms with E-state index in [0.717, 1.165) is 61.1 Å². The van der Waals surface area contributed by atoms with E-state index < -0.39 is 42.5 Å². The Balaban J connectivity index is 1.35. The van der Waals surface area contributed by atoms with Gasteiger partial charge in [0.2, 0.25) is 0 Å². The summed E-state index contributed by atoms with van der Waals surface area (Å²) in [6.45, 7) is 4.78. The Labute approximate surface area is 211 Å². The number of nitriles is 1. The minimum atomic E-state index is -0.935. The third-order valence-corrected chi connectivity index (χ3v) is 8.25. The number of carbonyl (C=O) groups is 4. The lowest BCUT2D eigenvalue weighted by Crippen LogP contribution is -2.49. The molecule has 3 aliphatic rings. The fourth-order valence-electron chi connectivity index (χ4n) is 5.93. The van der Waals surface area contributed by atoms with Crippen molar-refractivity contribution in [3.05, 3.63) is 16.8 Å². The van der Waals surface area contributed by atoms with E-state index in [1.165, 1.54) is 0 Å². The van der Waals surface area contributed by atoms with E-state index in [0.29, 0.717) is 30.1 Å². The maximum atomic E-state index is 13.0. The Hall–Kier alpha value is -3.35. The number of carbonyl (C=O) groups excluding carboxylic acids is 4. The molecule has 1 aromatic heterocycles. The number of amides is 4. The van der Waals surface area contributed by atoms with Crippen molar-refractivity contribution < 1.29 is 23.9 Å². The lowest BCUT2D eigenvalue weighted by molar-refractivity contribution is -0.150. The number of hydrogen-bond acceptors (Lipinski definition) is 6. The van der Waals surface area contributed by atoms with Crippen molar-refractivity contribution in [3.63, 3.8) is 0 Å². The van der Waals surface area contributed by atoms with Gasteiger partial charge in [0.05, 0.1) is 5.56 Å². The summed E-state index contributed by atoms with van der Waals surface area (Å²) < 4.78 is 7.12. The number of rotatable bonds is 7. The molecular weight excluding hydrogens is 462 g/mol. The summed E-state index contributed by atoms with van der Waals surface area (Å²) in [5.41, 5.74) is 1.22. The smallest absolute Gasteiger partial charge is 0.326 e. The minimum Gasteiger partial charge on any atom is -0.454 e. The number of ether oxygens (including phenoxy) is 1. The largest absolute Gasteiger partial charge is 0.454 e. The van der Waals surface area contributed by atoms with Crippen LogP contribution >= 0.6 is 0 Å². The van der Waals surface area contributed by atoms with Crippen molar-refractivity contribution in [2.24, 2.45) is 5.92 Å². The third kappa shape index (κ3) is 4.71. The Morgan fingerprint density at radius 3 is 2.44 bits per heavy atom. The van der Waals surface area contributed by atoms with Crippen LogP contribution in [0.5, 0.6) is 0 Å². The molecule has 1 saturated heterocycles. The number of urea groups is 1. The van der Waals surface area contributed by atoms with Gasteiger partial charge in [0.1, 0.15) is 24.0 Å². The Morgan fingerprint density at radius 1 is 1.17 bits per heavy atom. The van der Waals surface area contributed by atoms with Gasteiger partial charge in [0.25, 0.3) is 11.8 Å². The second kappa shape index (κ2) is 10.3. The molecule has 3 fully saturated rings. The van der Waals surface area contributed by atoms with Crippen LogP contribution in [-0.2, 0) is 19.1 Å². The Kier molecular flexibility index (Phi) is 7.38. The molecule has 2 heterocycles. The number of nitrogens with one attached hydrogen (secondary N) is 2. The molecule has 0 radical (unpaired) electrons. The molecule has 0 bridgehead atoms. The first kappa shape index (κ1) is 25.7. The highest BCUT2D eigenvalue weighted by atomic mass is 16.5. The summed E-state index contributed by atoms with van der Waals surface area (Å²) in [6, 6.07) is 1.79. The first-order chi connectivity index (χ1) is 17.2. The molecule has 10 heteroatoms. The molecule has 10 nitrogen and oxygen atoms in total. The monoisotopic (exact) mass is 497 g/mol. The summed E-state index contributed by atoms with van der Waals surface area (Å²) in [6.07, 6.45) is 8.01. The van der Waals surface area contributed by atoms with Crippen LogP contribution in [0.4, 0.5) is 10.6 Å². The highest BCUT2D eigenvalue weighted by molar-refractivity contribution is 6.08. The van der Waals surface area contributed by atoms with Crippen LogP contribution in [0.15, 0.2) is 0 Å².